The van der Waals surface area contributed by atoms with E-state index >= 15 is 0 Å². The SMILES string of the molecule is O=C1C2CCCC(C2)C(=O)N1CC1CCCN1. The Labute approximate surface area is 102 Å². The molecule has 2 amide bonds. The summed E-state index contributed by atoms with van der Waals surface area (Å²) in [4.78, 5) is 26.0. The number of amides is 2. The second-order valence-corrected chi connectivity index (χ2v) is 5.64. The van der Waals surface area contributed by atoms with E-state index in [4.69, 9.17) is 0 Å². The molecule has 0 aromatic rings. The molecule has 4 nitrogen and oxygen atoms in total. The largest absolute Gasteiger partial charge is 0.312 e. The molecule has 2 heterocycles. The van der Waals surface area contributed by atoms with Crippen molar-refractivity contribution in [2.45, 2.75) is 44.6 Å². The van der Waals surface area contributed by atoms with Gasteiger partial charge in [0.05, 0.1) is 0 Å². The van der Waals surface area contributed by atoms with E-state index in [2.05, 4.69) is 5.32 Å². The van der Waals surface area contributed by atoms with Crippen LogP contribution in [0, 0.1) is 11.8 Å². The fourth-order valence-electron chi connectivity index (χ4n) is 3.50. The van der Waals surface area contributed by atoms with Crippen molar-refractivity contribution in [2.24, 2.45) is 11.8 Å². The number of piperidine rings is 1. The minimum Gasteiger partial charge on any atom is -0.312 e. The van der Waals surface area contributed by atoms with Crippen LogP contribution in [0.1, 0.15) is 38.5 Å². The van der Waals surface area contributed by atoms with E-state index in [0.29, 0.717) is 12.6 Å². The Balaban J connectivity index is 1.72. The smallest absolute Gasteiger partial charge is 0.232 e. The normalized spacial score (nSPS) is 37.6. The van der Waals surface area contributed by atoms with Crippen molar-refractivity contribution in [3.05, 3.63) is 0 Å². The summed E-state index contributed by atoms with van der Waals surface area (Å²) < 4.78 is 0. The van der Waals surface area contributed by atoms with Crippen molar-refractivity contribution < 1.29 is 9.59 Å². The van der Waals surface area contributed by atoms with Gasteiger partial charge < -0.3 is 5.32 Å². The molecule has 2 saturated heterocycles. The molecule has 1 N–H and O–H groups in total. The minimum atomic E-state index is 0.0969. The maximum atomic E-state index is 12.2. The van der Waals surface area contributed by atoms with Crippen molar-refractivity contribution in [1.82, 2.24) is 10.2 Å². The van der Waals surface area contributed by atoms with Gasteiger partial charge in [0, 0.05) is 24.4 Å². The quantitative estimate of drug-likeness (QED) is 0.725. The number of imide groups is 1. The molecule has 1 aliphatic carbocycles. The summed E-state index contributed by atoms with van der Waals surface area (Å²) in [6.07, 6.45) is 6.07. The molecule has 0 aromatic carbocycles. The number of nitrogens with one attached hydrogen (secondary N) is 1. The Morgan fingerprint density at radius 3 is 2.35 bits per heavy atom. The highest BCUT2D eigenvalue weighted by Crippen LogP contribution is 2.36. The third-order valence-electron chi connectivity index (χ3n) is 4.47. The number of rotatable bonds is 2. The van der Waals surface area contributed by atoms with Gasteiger partial charge in [0.1, 0.15) is 0 Å². The van der Waals surface area contributed by atoms with Gasteiger partial charge in [-0.15, -0.1) is 0 Å². The Kier molecular flexibility index (Phi) is 2.90. The van der Waals surface area contributed by atoms with Crippen LogP contribution in [0.5, 0.6) is 0 Å². The Bertz CT molecular complexity index is 314. The molecular weight excluding hydrogens is 216 g/mol. The molecule has 3 unspecified atom stereocenters. The summed E-state index contributed by atoms with van der Waals surface area (Å²) in [6, 6.07) is 0.335. The van der Waals surface area contributed by atoms with Crippen LogP contribution in [0.15, 0.2) is 0 Å². The number of fused-ring (bicyclic) bond motifs is 2. The van der Waals surface area contributed by atoms with Crippen LogP contribution in [0.4, 0.5) is 0 Å². The van der Waals surface area contributed by atoms with E-state index in [-0.39, 0.29) is 23.7 Å². The first-order chi connectivity index (χ1) is 8.25. The fourth-order valence-corrected chi connectivity index (χ4v) is 3.50. The molecule has 2 bridgehead atoms. The lowest BCUT2D eigenvalue weighted by atomic mass is 9.77. The maximum Gasteiger partial charge on any atom is 0.232 e. The summed E-state index contributed by atoms with van der Waals surface area (Å²) >= 11 is 0. The van der Waals surface area contributed by atoms with Crippen LogP contribution in [0.3, 0.4) is 0 Å². The van der Waals surface area contributed by atoms with Gasteiger partial charge in [0.15, 0.2) is 0 Å². The predicted octanol–water partition coefficient (Wildman–Crippen LogP) is 0.914. The number of nitrogens with zero attached hydrogens (tertiary/aromatic N) is 1. The lowest BCUT2D eigenvalue weighted by Crippen LogP contribution is -2.54. The van der Waals surface area contributed by atoms with E-state index in [1.54, 1.807) is 4.90 Å². The molecule has 4 heteroatoms. The molecule has 0 aromatic heterocycles. The second kappa shape index (κ2) is 4.41. The topological polar surface area (TPSA) is 49.4 Å². The van der Waals surface area contributed by atoms with Crippen LogP contribution >= 0.6 is 0 Å². The molecule has 94 valence electrons. The highest BCUT2D eigenvalue weighted by atomic mass is 16.2. The van der Waals surface area contributed by atoms with Crippen LogP contribution < -0.4 is 5.32 Å². The zero-order valence-electron chi connectivity index (χ0n) is 10.2. The first-order valence-electron chi connectivity index (χ1n) is 6.84. The maximum absolute atomic E-state index is 12.2. The number of hydrogen-bond acceptors (Lipinski definition) is 3. The molecule has 1 saturated carbocycles. The lowest BCUT2D eigenvalue weighted by molar-refractivity contribution is -0.158. The van der Waals surface area contributed by atoms with Crippen LogP contribution in [0.25, 0.3) is 0 Å². The van der Waals surface area contributed by atoms with Crippen LogP contribution in [0.2, 0.25) is 0 Å². The molecule has 0 spiro atoms. The van der Waals surface area contributed by atoms with Gasteiger partial charge >= 0.3 is 0 Å². The summed E-state index contributed by atoms with van der Waals surface area (Å²) in [5, 5.41) is 3.36. The van der Waals surface area contributed by atoms with Crippen molar-refractivity contribution in [1.29, 1.82) is 0 Å². The Hall–Kier alpha value is -0.900. The predicted molar refractivity (Wildman–Crippen MR) is 63.2 cm³/mol. The Morgan fingerprint density at radius 2 is 1.76 bits per heavy atom. The summed E-state index contributed by atoms with van der Waals surface area (Å²) in [5.41, 5.74) is 0. The third kappa shape index (κ3) is 1.99. The summed E-state index contributed by atoms with van der Waals surface area (Å²) in [5.74, 6) is 0.458. The molecule has 2 aliphatic heterocycles. The van der Waals surface area contributed by atoms with Gasteiger partial charge in [-0.1, -0.05) is 6.42 Å². The zero-order valence-corrected chi connectivity index (χ0v) is 10.2. The van der Waals surface area contributed by atoms with Gasteiger partial charge in [-0.25, -0.2) is 0 Å². The van der Waals surface area contributed by atoms with Crippen LogP contribution in [-0.4, -0.2) is 35.8 Å². The average molecular weight is 236 g/mol. The number of likely N-dealkylation sites (tertiary alicyclic amines) is 1. The highest BCUT2D eigenvalue weighted by molar-refractivity contribution is 6.00. The van der Waals surface area contributed by atoms with Gasteiger partial charge in [0.25, 0.3) is 0 Å². The summed E-state index contributed by atoms with van der Waals surface area (Å²) in [6.45, 7) is 1.62. The molecule has 3 fully saturated rings. The molecule has 3 aliphatic rings. The summed E-state index contributed by atoms with van der Waals surface area (Å²) in [7, 11) is 0. The van der Waals surface area contributed by atoms with E-state index in [9.17, 15) is 9.59 Å². The molecule has 17 heavy (non-hydrogen) atoms. The minimum absolute atomic E-state index is 0.0969. The average Bonchev–Trinajstić information content (AvgIpc) is 2.86. The number of carbonyl (C=O) groups is 2. The van der Waals surface area contributed by atoms with Crippen molar-refractivity contribution in [2.75, 3.05) is 13.1 Å². The van der Waals surface area contributed by atoms with E-state index < -0.39 is 0 Å². The molecule has 3 rings (SSSR count). The highest BCUT2D eigenvalue weighted by Gasteiger charge is 2.43. The standard InChI is InChI=1S/C13H20N2O2/c16-12-9-3-1-4-10(7-9)13(17)15(12)8-11-5-2-6-14-11/h9-11,14H,1-8H2. The first kappa shape index (κ1) is 11.2. The van der Waals surface area contributed by atoms with Gasteiger partial charge in [-0.3, -0.25) is 14.5 Å². The van der Waals surface area contributed by atoms with E-state index in [1.165, 1.54) is 0 Å². The van der Waals surface area contributed by atoms with Gasteiger partial charge in [-0.05, 0) is 38.6 Å². The number of hydrogen-bond donors (Lipinski definition) is 1. The van der Waals surface area contributed by atoms with E-state index in [1.807, 2.05) is 0 Å². The fraction of sp³-hybridized carbons (Fsp3) is 0.846. The molecule has 3 atom stereocenters. The zero-order chi connectivity index (χ0) is 11.8. The van der Waals surface area contributed by atoms with Crippen molar-refractivity contribution in [3.63, 3.8) is 0 Å². The first-order valence-corrected chi connectivity index (χ1v) is 6.84. The monoisotopic (exact) mass is 236 g/mol. The number of carbonyl (C=O) groups excluding carboxylic acids is 2. The molecule has 0 radical (unpaired) electrons. The van der Waals surface area contributed by atoms with Gasteiger partial charge in [-0.2, -0.15) is 0 Å². The van der Waals surface area contributed by atoms with Gasteiger partial charge in [0.2, 0.25) is 11.8 Å². The lowest BCUT2D eigenvalue weighted by Gasteiger charge is -2.39. The second-order valence-electron chi connectivity index (χ2n) is 5.64. The van der Waals surface area contributed by atoms with Crippen molar-refractivity contribution >= 4 is 11.8 Å². The van der Waals surface area contributed by atoms with Crippen LogP contribution in [-0.2, 0) is 9.59 Å². The Morgan fingerprint density at radius 1 is 1.06 bits per heavy atom. The third-order valence-corrected chi connectivity index (χ3v) is 4.47. The van der Waals surface area contributed by atoms with Crippen molar-refractivity contribution in [3.8, 4) is 0 Å². The van der Waals surface area contributed by atoms with E-state index in [0.717, 1.165) is 45.1 Å². The molecular formula is C13H20N2O2.